The second kappa shape index (κ2) is 8.41. The number of azo groups is 1. The summed E-state index contributed by atoms with van der Waals surface area (Å²) in [5.41, 5.74) is 1.70. The number of hydrogen-bond donors (Lipinski definition) is 3. The summed E-state index contributed by atoms with van der Waals surface area (Å²) in [6.45, 7) is -0.297. The third-order valence-corrected chi connectivity index (χ3v) is 4.11. The first kappa shape index (κ1) is 18.5. The molecule has 0 aliphatic heterocycles. The van der Waals surface area contributed by atoms with E-state index in [1.54, 1.807) is 18.2 Å². The van der Waals surface area contributed by atoms with Crippen LogP contribution in [-0.2, 0) is 9.59 Å². The van der Waals surface area contributed by atoms with Crippen molar-refractivity contribution in [2.45, 2.75) is 0 Å². The predicted octanol–water partition coefficient (Wildman–Crippen LogP) is 4.08. The molecule has 0 unspecified atom stereocenters. The number of aromatic amines is 1. The van der Waals surface area contributed by atoms with E-state index in [4.69, 9.17) is 0 Å². The highest BCUT2D eigenvalue weighted by Gasteiger charge is 2.11. The number of nitrogens with zero attached hydrogens (tertiary/aromatic N) is 2. The highest BCUT2D eigenvalue weighted by atomic mass is 79.9. The van der Waals surface area contributed by atoms with Crippen molar-refractivity contribution in [1.82, 2.24) is 10.3 Å². The van der Waals surface area contributed by atoms with Gasteiger partial charge in [-0.05, 0) is 29.8 Å². The van der Waals surface area contributed by atoms with E-state index < -0.39 is 11.8 Å². The smallest absolute Gasteiger partial charge is 0.283 e. The molecule has 27 heavy (non-hydrogen) atoms. The van der Waals surface area contributed by atoms with E-state index in [-0.39, 0.29) is 18.1 Å². The van der Waals surface area contributed by atoms with Crippen molar-refractivity contribution in [3.63, 3.8) is 0 Å². The Kier molecular flexibility index (Phi) is 5.77. The highest BCUT2D eigenvalue weighted by Crippen LogP contribution is 2.36. The van der Waals surface area contributed by atoms with E-state index in [9.17, 15) is 14.7 Å². The SMILES string of the molecule is O=C(CNC(=O)/C=C/c1ccccc1)N=Nc1c(O)[nH]c2ccc(Br)cc12. The lowest BCUT2D eigenvalue weighted by Gasteiger charge is -1.97. The monoisotopic (exact) mass is 426 g/mol. The molecule has 0 saturated carbocycles. The van der Waals surface area contributed by atoms with Crippen LogP contribution in [0, 0.1) is 0 Å². The van der Waals surface area contributed by atoms with Crippen molar-refractivity contribution < 1.29 is 14.7 Å². The molecule has 136 valence electrons. The maximum atomic E-state index is 11.8. The minimum atomic E-state index is -0.639. The Labute approximate surface area is 162 Å². The number of halogens is 1. The zero-order valence-corrected chi connectivity index (χ0v) is 15.6. The van der Waals surface area contributed by atoms with Crippen LogP contribution in [0.15, 0.2) is 69.3 Å². The van der Waals surface area contributed by atoms with E-state index in [1.165, 1.54) is 6.08 Å². The van der Waals surface area contributed by atoms with Crippen LogP contribution in [0.3, 0.4) is 0 Å². The van der Waals surface area contributed by atoms with E-state index in [0.717, 1.165) is 10.0 Å². The number of carbonyl (C=O) groups is 2. The Morgan fingerprint density at radius 3 is 2.74 bits per heavy atom. The Morgan fingerprint density at radius 1 is 1.19 bits per heavy atom. The van der Waals surface area contributed by atoms with Crippen molar-refractivity contribution in [1.29, 1.82) is 0 Å². The fourth-order valence-electron chi connectivity index (χ4n) is 2.34. The highest BCUT2D eigenvalue weighted by molar-refractivity contribution is 9.10. The zero-order valence-electron chi connectivity index (χ0n) is 14.0. The maximum absolute atomic E-state index is 11.8. The van der Waals surface area contributed by atoms with Crippen LogP contribution in [-0.4, -0.2) is 28.4 Å². The molecule has 0 aliphatic rings. The Morgan fingerprint density at radius 2 is 1.96 bits per heavy atom. The van der Waals surface area contributed by atoms with Crippen molar-refractivity contribution in [2.75, 3.05) is 6.54 Å². The third-order valence-electron chi connectivity index (χ3n) is 3.62. The van der Waals surface area contributed by atoms with Crippen molar-refractivity contribution in [2.24, 2.45) is 10.2 Å². The average Bonchev–Trinajstić information content (AvgIpc) is 2.98. The largest absolute Gasteiger partial charge is 0.493 e. The number of carbonyl (C=O) groups excluding carboxylic acids is 2. The summed E-state index contributed by atoms with van der Waals surface area (Å²) in [5.74, 6) is -1.24. The molecule has 2 aromatic carbocycles. The van der Waals surface area contributed by atoms with Gasteiger partial charge in [0.2, 0.25) is 11.8 Å². The van der Waals surface area contributed by atoms with Gasteiger partial charge in [-0.15, -0.1) is 10.2 Å². The molecule has 3 rings (SSSR count). The summed E-state index contributed by atoms with van der Waals surface area (Å²) in [4.78, 5) is 26.3. The van der Waals surface area contributed by atoms with Crippen LogP contribution >= 0.6 is 15.9 Å². The molecule has 0 atom stereocenters. The van der Waals surface area contributed by atoms with E-state index in [2.05, 4.69) is 36.5 Å². The molecular weight excluding hydrogens is 412 g/mol. The average molecular weight is 427 g/mol. The minimum absolute atomic E-state index is 0.162. The molecule has 8 heteroatoms. The number of H-pyrrole nitrogens is 1. The van der Waals surface area contributed by atoms with Crippen LogP contribution in [0.2, 0.25) is 0 Å². The van der Waals surface area contributed by atoms with Gasteiger partial charge >= 0.3 is 0 Å². The minimum Gasteiger partial charge on any atom is -0.493 e. The number of benzene rings is 2. The van der Waals surface area contributed by atoms with Gasteiger partial charge < -0.3 is 15.4 Å². The number of fused-ring (bicyclic) bond motifs is 1. The standard InChI is InChI=1S/C19H15BrN4O3/c20-13-7-8-15-14(10-13)18(19(27)22-15)24-23-17(26)11-21-16(25)9-6-12-4-2-1-3-5-12/h1-10,22,27H,11H2,(H,21,25)/b9-6+,24-23?. The van der Waals surface area contributed by atoms with Gasteiger partial charge in [-0.3, -0.25) is 9.59 Å². The molecule has 0 spiro atoms. The fraction of sp³-hybridized carbons (Fsp3) is 0.0526. The van der Waals surface area contributed by atoms with Gasteiger partial charge in [0.15, 0.2) is 5.69 Å². The molecule has 3 N–H and O–H groups in total. The van der Waals surface area contributed by atoms with Gasteiger partial charge in [0.25, 0.3) is 5.91 Å². The lowest BCUT2D eigenvalue weighted by molar-refractivity contribution is -0.122. The van der Waals surface area contributed by atoms with Crippen molar-refractivity contribution >= 4 is 50.4 Å². The number of aromatic nitrogens is 1. The molecular formula is C19H15BrN4O3. The summed E-state index contributed by atoms with van der Waals surface area (Å²) in [7, 11) is 0. The first-order chi connectivity index (χ1) is 13.0. The van der Waals surface area contributed by atoms with Gasteiger partial charge in [-0.2, -0.15) is 0 Å². The number of rotatable bonds is 5. The van der Waals surface area contributed by atoms with E-state index >= 15 is 0 Å². The first-order valence-electron chi connectivity index (χ1n) is 7.98. The molecule has 0 radical (unpaired) electrons. The molecule has 7 nitrogen and oxygen atoms in total. The fourth-order valence-corrected chi connectivity index (χ4v) is 2.70. The van der Waals surface area contributed by atoms with Gasteiger partial charge in [-0.25, -0.2) is 0 Å². The predicted molar refractivity (Wildman–Crippen MR) is 106 cm³/mol. The summed E-state index contributed by atoms with van der Waals surface area (Å²) in [6, 6.07) is 14.6. The third kappa shape index (κ3) is 4.89. The van der Waals surface area contributed by atoms with Crippen molar-refractivity contribution in [3.8, 4) is 5.88 Å². The second-order valence-electron chi connectivity index (χ2n) is 5.57. The maximum Gasteiger partial charge on any atom is 0.283 e. The van der Waals surface area contributed by atoms with Crippen molar-refractivity contribution in [3.05, 3.63) is 64.6 Å². The Hall–Kier alpha value is -3.26. The number of nitrogens with one attached hydrogen (secondary N) is 2. The molecule has 1 aromatic heterocycles. The molecule has 0 fully saturated rings. The van der Waals surface area contributed by atoms with Crippen LogP contribution in [0.25, 0.3) is 17.0 Å². The van der Waals surface area contributed by atoms with Gasteiger partial charge in [0, 0.05) is 15.9 Å². The summed E-state index contributed by atoms with van der Waals surface area (Å²) >= 11 is 3.34. The number of aromatic hydroxyl groups is 1. The second-order valence-corrected chi connectivity index (χ2v) is 6.48. The summed E-state index contributed by atoms with van der Waals surface area (Å²) in [5, 5.41) is 20.3. The first-order valence-corrected chi connectivity index (χ1v) is 8.78. The molecule has 3 aromatic rings. The van der Waals surface area contributed by atoms with E-state index in [1.807, 2.05) is 36.4 Å². The van der Waals surface area contributed by atoms with Crippen LogP contribution in [0.4, 0.5) is 5.69 Å². The molecule has 1 heterocycles. The lowest BCUT2D eigenvalue weighted by Crippen LogP contribution is -2.26. The number of amides is 2. The zero-order chi connectivity index (χ0) is 19.2. The van der Waals surface area contributed by atoms with Crippen LogP contribution in [0.5, 0.6) is 5.88 Å². The van der Waals surface area contributed by atoms with Gasteiger partial charge in [-0.1, -0.05) is 46.3 Å². The number of hydrogen-bond acceptors (Lipinski definition) is 4. The molecule has 0 aliphatic carbocycles. The van der Waals surface area contributed by atoms with Crippen LogP contribution in [0.1, 0.15) is 5.56 Å². The van der Waals surface area contributed by atoms with Gasteiger partial charge in [0.1, 0.15) is 6.54 Å². The normalized spacial score (nSPS) is 11.4. The Balaban J connectivity index is 1.59. The Bertz CT molecular complexity index is 1040. The van der Waals surface area contributed by atoms with Crippen LogP contribution < -0.4 is 5.32 Å². The molecule has 0 saturated heterocycles. The van der Waals surface area contributed by atoms with E-state index in [0.29, 0.717) is 10.9 Å². The molecule has 0 bridgehead atoms. The quantitative estimate of drug-likeness (QED) is 0.422. The lowest BCUT2D eigenvalue weighted by atomic mass is 10.2. The molecule has 2 amide bonds. The van der Waals surface area contributed by atoms with Gasteiger partial charge in [0.05, 0.1) is 5.52 Å². The topological polar surface area (TPSA) is 107 Å². The summed E-state index contributed by atoms with van der Waals surface area (Å²) in [6.07, 6.45) is 2.98. The summed E-state index contributed by atoms with van der Waals surface area (Å²) < 4.78 is 0.800.